The molecule has 1 saturated heterocycles. The van der Waals surface area contributed by atoms with Crippen LogP contribution in [0.15, 0.2) is 53.6 Å². The van der Waals surface area contributed by atoms with Crippen molar-refractivity contribution in [2.75, 3.05) is 32.7 Å². The first-order chi connectivity index (χ1) is 14.2. The summed E-state index contributed by atoms with van der Waals surface area (Å²) in [5, 5.41) is 4.20. The van der Waals surface area contributed by atoms with Gasteiger partial charge in [-0.25, -0.2) is 4.98 Å². The first-order valence-corrected chi connectivity index (χ1v) is 10.3. The van der Waals surface area contributed by atoms with Gasteiger partial charge < -0.3 is 9.88 Å². The average Bonchev–Trinajstić information content (AvgIpc) is 3.27. The highest BCUT2D eigenvalue weighted by molar-refractivity contribution is 5.55. The Hall–Kier alpha value is -2.77. The van der Waals surface area contributed by atoms with Gasteiger partial charge in [-0.15, -0.1) is 0 Å². The third-order valence-electron chi connectivity index (χ3n) is 5.50. The molecule has 3 heterocycles. The van der Waals surface area contributed by atoms with Gasteiger partial charge in [-0.3, -0.25) is 14.4 Å². The Morgan fingerprint density at radius 3 is 2.52 bits per heavy atom. The smallest absolute Gasteiger partial charge is 0.251 e. The van der Waals surface area contributed by atoms with Crippen LogP contribution >= 0.6 is 0 Å². The standard InChI is InChI=1S/C22H28N6O/c1-2-26-12-14-27(15-13-26)17-18-4-6-19(7-5-18)22-24-20(16-21(29)25-22)8-11-28-10-3-9-23-28/h3-7,9-10,16H,2,8,11-15,17H2,1H3,(H,24,25,29). The van der Waals surface area contributed by atoms with Crippen molar-refractivity contribution in [3.8, 4) is 11.4 Å². The van der Waals surface area contributed by atoms with Crippen molar-refractivity contribution < 1.29 is 0 Å². The number of aromatic amines is 1. The molecule has 7 nitrogen and oxygen atoms in total. The molecule has 3 aromatic rings. The van der Waals surface area contributed by atoms with Gasteiger partial charge in [-0.1, -0.05) is 31.2 Å². The van der Waals surface area contributed by atoms with Crippen LogP contribution in [0.2, 0.25) is 0 Å². The minimum atomic E-state index is -0.122. The Morgan fingerprint density at radius 2 is 1.83 bits per heavy atom. The van der Waals surface area contributed by atoms with E-state index >= 15 is 0 Å². The largest absolute Gasteiger partial charge is 0.307 e. The molecule has 4 rings (SSSR count). The number of benzene rings is 1. The minimum Gasteiger partial charge on any atom is -0.307 e. The van der Waals surface area contributed by atoms with Crippen molar-refractivity contribution >= 4 is 0 Å². The van der Waals surface area contributed by atoms with Gasteiger partial charge in [0.05, 0.1) is 5.69 Å². The Morgan fingerprint density at radius 1 is 1.07 bits per heavy atom. The lowest BCUT2D eigenvalue weighted by Crippen LogP contribution is -2.45. The number of rotatable bonds is 7. The monoisotopic (exact) mass is 392 g/mol. The number of H-pyrrole nitrogens is 1. The van der Waals surface area contributed by atoms with Crippen molar-refractivity contribution in [1.29, 1.82) is 0 Å². The van der Waals surface area contributed by atoms with Crippen molar-refractivity contribution in [3.05, 3.63) is 70.4 Å². The zero-order chi connectivity index (χ0) is 20.1. The number of aryl methyl sites for hydroxylation is 2. The van der Waals surface area contributed by atoms with Gasteiger partial charge in [0.2, 0.25) is 0 Å². The third kappa shape index (κ3) is 5.19. The molecule has 1 fully saturated rings. The molecule has 0 amide bonds. The van der Waals surface area contributed by atoms with Crippen LogP contribution in [0.5, 0.6) is 0 Å². The summed E-state index contributed by atoms with van der Waals surface area (Å²) in [7, 11) is 0. The zero-order valence-corrected chi connectivity index (χ0v) is 16.9. The summed E-state index contributed by atoms with van der Waals surface area (Å²) in [4.78, 5) is 24.6. The predicted octanol–water partition coefficient (Wildman–Crippen LogP) is 2.01. The van der Waals surface area contributed by atoms with Crippen LogP contribution in [0.25, 0.3) is 11.4 Å². The molecule has 7 heteroatoms. The molecule has 1 aliphatic rings. The molecule has 0 unspecified atom stereocenters. The topological polar surface area (TPSA) is 70.0 Å². The van der Waals surface area contributed by atoms with Gasteiger partial charge in [0.15, 0.2) is 0 Å². The van der Waals surface area contributed by atoms with Crippen molar-refractivity contribution in [2.45, 2.75) is 26.4 Å². The predicted molar refractivity (Wildman–Crippen MR) is 114 cm³/mol. The van der Waals surface area contributed by atoms with E-state index in [0.717, 1.165) is 50.5 Å². The number of aromatic nitrogens is 4. The normalized spacial score (nSPS) is 15.6. The van der Waals surface area contributed by atoms with E-state index in [4.69, 9.17) is 0 Å². The Labute approximate surface area is 171 Å². The van der Waals surface area contributed by atoms with Gasteiger partial charge in [-0.05, 0) is 18.2 Å². The Balaban J connectivity index is 1.41. The summed E-state index contributed by atoms with van der Waals surface area (Å²) in [6.45, 7) is 9.54. The summed E-state index contributed by atoms with van der Waals surface area (Å²) in [5.74, 6) is 0.621. The molecule has 0 radical (unpaired) electrons. The second-order valence-electron chi connectivity index (χ2n) is 7.51. The summed E-state index contributed by atoms with van der Waals surface area (Å²) in [5.41, 5.74) is 2.87. The Bertz CT molecular complexity index is 956. The Kier molecular flexibility index (Phi) is 6.17. The molecule has 2 aromatic heterocycles. The van der Waals surface area contributed by atoms with E-state index in [-0.39, 0.29) is 5.56 Å². The summed E-state index contributed by atoms with van der Waals surface area (Å²) in [6, 6.07) is 11.8. The molecule has 1 aromatic carbocycles. The average molecular weight is 393 g/mol. The first kappa shape index (κ1) is 19.5. The highest BCUT2D eigenvalue weighted by Gasteiger charge is 2.15. The number of nitrogens with one attached hydrogen (secondary N) is 1. The van der Waals surface area contributed by atoms with Crippen LogP contribution in [0, 0.1) is 0 Å². The quantitative estimate of drug-likeness (QED) is 0.666. The van der Waals surface area contributed by atoms with Crippen molar-refractivity contribution in [2.24, 2.45) is 0 Å². The maximum atomic E-state index is 12.1. The third-order valence-corrected chi connectivity index (χ3v) is 5.50. The SMILES string of the molecule is CCN1CCN(Cc2ccc(-c3nc(CCn4cccn4)cc(=O)[nH]3)cc2)CC1. The molecule has 1 N–H and O–H groups in total. The lowest BCUT2D eigenvalue weighted by Gasteiger charge is -2.34. The molecule has 0 aliphatic carbocycles. The fraction of sp³-hybridized carbons (Fsp3) is 0.409. The maximum absolute atomic E-state index is 12.1. The van der Waals surface area contributed by atoms with Gasteiger partial charge in [0.1, 0.15) is 5.82 Å². The van der Waals surface area contributed by atoms with E-state index in [0.29, 0.717) is 18.8 Å². The maximum Gasteiger partial charge on any atom is 0.251 e. The van der Waals surface area contributed by atoms with E-state index < -0.39 is 0 Å². The fourth-order valence-corrected chi connectivity index (χ4v) is 3.72. The van der Waals surface area contributed by atoms with Gasteiger partial charge in [0, 0.05) is 69.7 Å². The molecule has 1 aliphatic heterocycles. The van der Waals surface area contributed by atoms with Gasteiger partial charge >= 0.3 is 0 Å². The molecule has 29 heavy (non-hydrogen) atoms. The van der Waals surface area contributed by atoms with E-state index in [1.165, 1.54) is 5.56 Å². The zero-order valence-electron chi connectivity index (χ0n) is 16.9. The first-order valence-electron chi connectivity index (χ1n) is 10.3. The number of nitrogens with zero attached hydrogens (tertiary/aromatic N) is 5. The van der Waals surface area contributed by atoms with Crippen LogP contribution in [0.3, 0.4) is 0 Å². The van der Waals surface area contributed by atoms with E-state index in [1.807, 2.05) is 29.1 Å². The van der Waals surface area contributed by atoms with Gasteiger partial charge in [-0.2, -0.15) is 5.10 Å². The molecule has 0 bridgehead atoms. The molecular weight excluding hydrogens is 364 g/mol. The number of hydrogen-bond acceptors (Lipinski definition) is 5. The molecule has 0 atom stereocenters. The molecule has 152 valence electrons. The second kappa shape index (κ2) is 9.15. The number of hydrogen-bond donors (Lipinski definition) is 1. The number of piperazine rings is 1. The minimum absolute atomic E-state index is 0.122. The summed E-state index contributed by atoms with van der Waals surface area (Å²) >= 11 is 0. The molecule has 0 spiro atoms. The highest BCUT2D eigenvalue weighted by atomic mass is 16.1. The number of likely N-dealkylation sites (N-methyl/N-ethyl adjacent to an activating group) is 1. The van der Waals surface area contributed by atoms with Crippen LogP contribution in [0.1, 0.15) is 18.2 Å². The molecule has 0 saturated carbocycles. The second-order valence-corrected chi connectivity index (χ2v) is 7.51. The fourth-order valence-electron chi connectivity index (χ4n) is 3.72. The van der Waals surface area contributed by atoms with Crippen molar-refractivity contribution in [3.63, 3.8) is 0 Å². The van der Waals surface area contributed by atoms with Crippen molar-refractivity contribution in [1.82, 2.24) is 29.5 Å². The lowest BCUT2D eigenvalue weighted by atomic mass is 10.1. The summed E-state index contributed by atoms with van der Waals surface area (Å²) in [6.07, 6.45) is 4.33. The van der Waals surface area contributed by atoms with Crippen LogP contribution < -0.4 is 5.56 Å². The summed E-state index contributed by atoms with van der Waals surface area (Å²) < 4.78 is 1.84. The van der Waals surface area contributed by atoms with Crippen LogP contribution in [-0.4, -0.2) is 62.3 Å². The van der Waals surface area contributed by atoms with E-state index in [2.05, 4.69) is 43.9 Å². The lowest BCUT2D eigenvalue weighted by molar-refractivity contribution is 0.132. The molecular formula is C22H28N6O. The van der Waals surface area contributed by atoms with E-state index in [1.54, 1.807) is 12.3 Å². The van der Waals surface area contributed by atoms with Gasteiger partial charge in [0.25, 0.3) is 5.56 Å². The van der Waals surface area contributed by atoms with Crippen LogP contribution in [-0.2, 0) is 19.5 Å². The van der Waals surface area contributed by atoms with Crippen LogP contribution in [0.4, 0.5) is 0 Å². The highest BCUT2D eigenvalue weighted by Crippen LogP contribution is 2.17. The van der Waals surface area contributed by atoms with E-state index in [9.17, 15) is 4.79 Å².